The van der Waals surface area contributed by atoms with E-state index < -0.39 is 0 Å². The molecule has 0 aliphatic rings. The maximum absolute atomic E-state index is 5.90. The summed E-state index contributed by atoms with van der Waals surface area (Å²) in [5.41, 5.74) is 13.5. The molecule has 0 saturated heterocycles. The van der Waals surface area contributed by atoms with Crippen LogP contribution in [0.2, 0.25) is 5.02 Å². The zero-order chi connectivity index (χ0) is 9.84. The van der Waals surface area contributed by atoms with E-state index in [2.05, 4.69) is 0 Å². The second-order valence-electron chi connectivity index (χ2n) is 3.19. The van der Waals surface area contributed by atoms with E-state index in [0.717, 1.165) is 22.6 Å². The molecule has 2 nitrogen and oxygen atoms in total. The molecule has 3 heteroatoms. The van der Waals surface area contributed by atoms with Gasteiger partial charge in [-0.1, -0.05) is 23.7 Å². The fraction of sp³-hybridized carbons (Fsp3) is 0.400. The lowest BCUT2D eigenvalue weighted by Gasteiger charge is -2.11. The molecule has 0 fully saturated rings. The molecule has 13 heavy (non-hydrogen) atoms. The quantitative estimate of drug-likeness (QED) is 0.781. The Hall–Kier alpha value is -0.570. The summed E-state index contributed by atoms with van der Waals surface area (Å²) in [4.78, 5) is 0. The minimum atomic E-state index is 0.0287. The molecule has 0 saturated carbocycles. The largest absolute Gasteiger partial charge is 0.330 e. The Morgan fingerprint density at radius 3 is 2.69 bits per heavy atom. The Kier molecular flexibility index (Phi) is 3.72. The lowest BCUT2D eigenvalue weighted by Crippen LogP contribution is -2.15. The van der Waals surface area contributed by atoms with Crippen LogP contribution in [-0.2, 0) is 0 Å². The van der Waals surface area contributed by atoms with Crippen LogP contribution in [0.4, 0.5) is 0 Å². The molecule has 0 aliphatic heterocycles. The van der Waals surface area contributed by atoms with Crippen molar-refractivity contribution in [2.45, 2.75) is 19.4 Å². The molecular weight excluding hydrogens is 184 g/mol. The van der Waals surface area contributed by atoms with Crippen LogP contribution in [-0.4, -0.2) is 6.54 Å². The fourth-order valence-electron chi connectivity index (χ4n) is 1.24. The Labute approximate surface area is 83.9 Å². The summed E-state index contributed by atoms with van der Waals surface area (Å²) in [7, 11) is 0. The molecular formula is C10H15ClN2. The van der Waals surface area contributed by atoms with Crippen molar-refractivity contribution in [1.82, 2.24) is 0 Å². The zero-order valence-corrected chi connectivity index (χ0v) is 8.51. The SMILES string of the molecule is Cc1cc([C@@H](N)CCN)ccc1Cl. The minimum Gasteiger partial charge on any atom is -0.330 e. The minimum absolute atomic E-state index is 0.0287. The van der Waals surface area contributed by atoms with Crippen LogP contribution in [0.3, 0.4) is 0 Å². The lowest BCUT2D eigenvalue weighted by atomic mass is 10.0. The smallest absolute Gasteiger partial charge is 0.0435 e. The summed E-state index contributed by atoms with van der Waals surface area (Å²) >= 11 is 5.90. The summed E-state index contributed by atoms with van der Waals surface area (Å²) in [5.74, 6) is 0. The summed E-state index contributed by atoms with van der Waals surface area (Å²) in [6, 6.07) is 5.88. The van der Waals surface area contributed by atoms with Crippen LogP contribution < -0.4 is 11.5 Å². The van der Waals surface area contributed by atoms with Gasteiger partial charge in [0.05, 0.1) is 0 Å². The third-order valence-corrected chi connectivity index (χ3v) is 2.51. The van der Waals surface area contributed by atoms with Crippen LogP contribution in [0.5, 0.6) is 0 Å². The highest BCUT2D eigenvalue weighted by atomic mass is 35.5. The highest BCUT2D eigenvalue weighted by Crippen LogP contribution is 2.20. The molecule has 0 bridgehead atoms. The standard InChI is InChI=1S/C10H15ClN2/c1-7-6-8(2-3-9(7)11)10(13)4-5-12/h2-3,6,10H,4-5,12-13H2,1H3/t10-/m0/s1. The predicted molar refractivity (Wildman–Crippen MR) is 56.8 cm³/mol. The summed E-state index contributed by atoms with van der Waals surface area (Å²) < 4.78 is 0. The molecule has 1 rings (SSSR count). The van der Waals surface area contributed by atoms with Gasteiger partial charge in [0.25, 0.3) is 0 Å². The average Bonchev–Trinajstić information content (AvgIpc) is 2.10. The Bertz CT molecular complexity index is 286. The molecule has 0 aliphatic carbocycles. The van der Waals surface area contributed by atoms with Gasteiger partial charge < -0.3 is 11.5 Å². The van der Waals surface area contributed by atoms with Crippen LogP contribution in [0.1, 0.15) is 23.6 Å². The van der Waals surface area contributed by atoms with Crippen LogP contribution in [0, 0.1) is 6.92 Å². The molecule has 0 radical (unpaired) electrons. The molecule has 0 aromatic heterocycles. The molecule has 1 aromatic carbocycles. The highest BCUT2D eigenvalue weighted by molar-refractivity contribution is 6.31. The van der Waals surface area contributed by atoms with E-state index in [0.29, 0.717) is 6.54 Å². The Morgan fingerprint density at radius 1 is 1.46 bits per heavy atom. The lowest BCUT2D eigenvalue weighted by molar-refractivity contribution is 0.661. The monoisotopic (exact) mass is 198 g/mol. The van der Waals surface area contributed by atoms with Crippen LogP contribution in [0.15, 0.2) is 18.2 Å². The fourth-order valence-corrected chi connectivity index (χ4v) is 1.36. The number of aryl methyl sites for hydroxylation is 1. The number of hydrogen-bond acceptors (Lipinski definition) is 2. The number of hydrogen-bond donors (Lipinski definition) is 2. The van der Waals surface area contributed by atoms with Crippen LogP contribution in [0.25, 0.3) is 0 Å². The van der Waals surface area contributed by atoms with Gasteiger partial charge in [-0.2, -0.15) is 0 Å². The van der Waals surface area contributed by atoms with Gasteiger partial charge in [0.1, 0.15) is 0 Å². The van der Waals surface area contributed by atoms with Crippen molar-refractivity contribution >= 4 is 11.6 Å². The Morgan fingerprint density at radius 2 is 2.15 bits per heavy atom. The van der Waals surface area contributed by atoms with Gasteiger partial charge in [-0.05, 0) is 37.1 Å². The molecule has 0 unspecified atom stereocenters. The van der Waals surface area contributed by atoms with E-state index in [1.807, 2.05) is 25.1 Å². The average molecular weight is 199 g/mol. The second-order valence-corrected chi connectivity index (χ2v) is 3.60. The number of nitrogens with two attached hydrogens (primary N) is 2. The van der Waals surface area contributed by atoms with E-state index in [9.17, 15) is 0 Å². The molecule has 0 heterocycles. The first kappa shape index (κ1) is 10.5. The van der Waals surface area contributed by atoms with Crippen molar-refractivity contribution < 1.29 is 0 Å². The topological polar surface area (TPSA) is 52.0 Å². The number of rotatable bonds is 3. The maximum atomic E-state index is 5.90. The summed E-state index contributed by atoms with van der Waals surface area (Å²) in [6.45, 7) is 2.59. The van der Waals surface area contributed by atoms with Crippen molar-refractivity contribution in [3.05, 3.63) is 34.3 Å². The first-order valence-electron chi connectivity index (χ1n) is 4.37. The first-order chi connectivity index (χ1) is 6.15. The number of benzene rings is 1. The third kappa shape index (κ3) is 2.69. The first-order valence-corrected chi connectivity index (χ1v) is 4.74. The normalized spacial score (nSPS) is 12.9. The summed E-state index contributed by atoms with van der Waals surface area (Å²) in [6.07, 6.45) is 0.807. The molecule has 1 atom stereocenters. The van der Waals surface area contributed by atoms with E-state index in [4.69, 9.17) is 23.1 Å². The Balaban J connectivity index is 2.84. The third-order valence-electron chi connectivity index (χ3n) is 2.09. The molecule has 72 valence electrons. The van der Waals surface area contributed by atoms with Gasteiger partial charge in [-0.3, -0.25) is 0 Å². The second kappa shape index (κ2) is 4.61. The molecule has 0 spiro atoms. The van der Waals surface area contributed by atoms with Gasteiger partial charge in [-0.25, -0.2) is 0 Å². The van der Waals surface area contributed by atoms with Gasteiger partial charge in [0.2, 0.25) is 0 Å². The zero-order valence-electron chi connectivity index (χ0n) is 7.76. The highest BCUT2D eigenvalue weighted by Gasteiger charge is 2.05. The van der Waals surface area contributed by atoms with Gasteiger partial charge >= 0.3 is 0 Å². The number of halogens is 1. The van der Waals surface area contributed by atoms with Crippen LogP contribution >= 0.6 is 11.6 Å². The van der Waals surface area contributed by atoms with Crippen molar-refractivity contribution in [2.24, 2.45) is 11.5 Å². The predicted octanol–water partition coefficient (Wildman–Crippen LogP) is 2.00. The van der Waals surface area contributed by atoms with Crippen molar-refractivity contribution in [2.75, 3.05) is 6.54 Å². The molecule has 0 amide bonds. The van der Waals surface area contributed by atoms with Gasteiger partial charge in [0.15, 0.2) is 0 Å². The van der Waals surface area contributed by atoms with E-state index in [1.54, 1.807) is 0 Å². The van der Waals surface area contributed by atoms with E-state index >= 15 is 0 Å². The van der Waals surface area contributed by atoms with Crippen molar-refractivity contribution in [3.8, 4) is 0 Å². The molecule has 4 N–H and O–H groups in total. The van der Waals surface area contributed by atoms with Gasteiger partial charge in [0, 0.05) is 11.1 Å². The summed E-state index contributed by atoms with van der Waals surface area (Å²) in [5, 5.41) is 0.781. The molecule has 1 aromatic rings. The van der Waals surface area contributed by atoms with Gasteiger partial charge in [-0.15, -0.1) is 0 Å². The maximum Gasteiger partial charge on any atom is 0.0435 e. The van der Waals surface area contributed by atoms with Crippen molar-refractivity contribution in [3.63, 3.8) is 0 Å². The van der Waals surface area contributed by atoms with Crippen molar-refractivity contribution in [1.29, 1.82) is 0 Å². The van der Waals surface area contributed by atoms with E-state index in [-0.39, 0.29) is 6.04 Å². The van der Waals surface area contributed by atoms with E-state index in [1.165, 1.54) is 0 Å².